The smallest absolute Gasteiger partial charge is 0.191 e. The summed E-state index contributed by atoms with van der Waals surface area (Å²) in [6.45, 7) is 9.43. The third-order valence-electron chi connectivity index (χ3n) is 3.79. The van der Waals surface area contributed by atoms with Gasteiger partial charge in [0.1, 0.15) is 17.6 Å². The Kier molecular flexibility index (Phi) is 9.96. The first-order valence-electron chi connectivity index (χ1n) is 8.65. The van der Waals surface area contributed by atoms with Gasteiger partial charge in [0, 0.05) is 44.3 Å². The molecule has 6 nitrogen and oxygen atoms in total. The zero-order valence-electron chi connectivity index (χ0n) is 15.6. The number of guanidine groups is 1. The lowest BCUT2D eigenvalue weighted by Gasteiger charge is -2.15. The third-order valence-corrected chi connectivity index (χ3v) is 3.79. The standard InChI is InChI=1S/C18H29N3O3.HI/c1-5-22-8-7-20-18(19-4)21-12-15-11-17-14(9-13(3)24-17)10-16(15)23-6-2;/h10-11,13H,5-9,12H2,1-4H3,(H2,19,20,21);1H. The van der Waals surface area contributed by atoms with Crippen molar-refractivity contribution in [2.24, 2.45) is 4.99 Å². The minimum atomic E-state index is 0. The summed E-state index contributed by atoms with van der Waals surface area (Å²) in [5, 5.41) is 6.54. The molecule has 0 radical (unpaired) electrons. The van der Waals surface area contributed by atoms with E-state index in [2.05, 4.69) is 34.7 Å². The maximum Gasteiger partial charge on any atom is 0.191 e. The van der Waals surface area contributed by atoms with E-state index >= 15 is 0 Å². The summed E-state index contributed by atoms with van der Waals surface area (Å²) in [4.78, 5) is 4.23. The number of ether oxygens (including phenoxy) is 3. The average molecular weight is 463 g/mol. The Morgan fingerprint density at radius 3 is 2.76 bits per heavy atom. The van der Waals surface area contributed by atoms with Gasteiger partial charge in [-0.3, -0.25) is 4.99 Å². The molecule has 25 heavy (non-hydrogen) atoms. The summed E-state index contributed by atoms with van der Waals surface area (Å²) >= 11 is 0. The summed E-state index contributed by atoms with van der Waals surface area (Å²) in [6.07, 6.45) is 1.16. The van der Waals surface area contributed by atoms with Crippen LogP contribution in [0.4, 0.5) is 0 Å². The maximum atomic E-state index is 5.86. The van der Waals surface area contributed by atoms with Gasteiger partial charge in [0.25, 0.3) is 0 Å². The number of rotatable bonds is 8. The minimum Gasteiger partial charge on any atom is -0.494 e. The van der Waals surface area contributed by atoms with Crippen molar-refractivity contribution in [1.82, 2.24) is 10.6 Å². The Bertz CT molecular complexity index is 567. The molecule has 0 bridgehead atoms. The monoisotopic (exact) mass is 463 g/mol. The molecule has 0 aliphatic carbocycles. The normalized spacial score (nSPS) is 15.8. The van der Waals surface area contributed by atoms with Crippen LogP contribution in [-0.4, -0.2) is 45.5 Å². The highest BCUT2D eigenvalue weighted by atomic mass is 127. The van der Waals surface area contributed by atoms with Crippen LogP contribution in [0.3, 0.4) is 0 Å². The summed E-state index contributed by atoms with van der Waals surface area (Å²) in [5.41, 5.74) is 2.28. The predicted octanol–water partition coefficient (Wildman–Crippen LogP) is 2.73. The molecule has 7 heteroatoms. The van der Waals surface area contributed by atoms with Gasteiger partial charge in [0.05, 0.1) is 13.2 Å². The molecule has 0 saturated heterocycles. The van der Waals surface area contributed by atoms with Gasteiger partial charge in [-0.15, -0.1) is 24.0 Å². The Balaban J connectivity index is 0.00000312. The van der Waals surface area contributed by atoms with Gasteiger partial charge >= 0.3 is 0 Å². The summed E-state index contributed by atoms with van der Waals surface area (Å²) in [7, 11) is 1.76. The van der Waals surface area contributed by atoms with Crippen molar-refractivity contribution in [2.75, 3.05) is 33.4 Å². The van der Waals surface area contributed by atoms with E-state index in [1.165, 1.54) is 5.56 Å². The fourth-order valence-corrected chi connectivity index (χ4v) is 2.69. The second-order valence-electron chi connectivity index (χ2n) is 5.68. The van der Waals surface area contributed by atoms with Crippen LogP contribution in [0.25, 0.3) is 0 Å². The van der Waals surface area contributed by atoms with Crippen LogP contribution in [0.2, 0.25) is 0 Å². The van der Waals surface area contributed by atoms with E-state index in [4.69, 9.17) is 14.2 Å². The molecule has 0 saturated carbocycles. The highest BCUT2D eigenvalue weighted by Crippen LogP contribution is 2.35. The van der Waals surface area contributed by atoms with Gasteiger partial charge in [0.15, 0.2) is 5.96 Å². The van der Waals surface area contributed by atoms with Crippen LogP contribution in [0.5, 0.6) is 11.5 Å². The van der Waals surface area contributed by atoms with Gasteiger partial charge in [-0.25, -0.2) is 0 Å². The van der Waals surface area contributed by atoms with E-state index in [-0.39, 0.29) is 30.1 Å². The first kappa shape index (κ1) is 21.8. The van der Waals surface area contributed by atoms with Crippen LogP contribution in [0.15, 0.2) is 17.1 Å². The Morgan fingerprint density at radius 1 is 1.28 bits per heavy atom. The molecule has 0 aromatic heterocycles. The number of hydrogen-bond acceptors (Lipinski definition) is 4. The highest BCUT2D eigenvalue weighted by molar-refractivity contribution is 14.0. The molecule has 1 aromatic rings. The number of nitrogens with one attached hydrogen (secondary N) is 2. The van der Waals surface area contributed by atoms with E-state index in [1.54, 1.807) is 7.05 Å². The first-order valence-corrected chi connectivity index (χ1v) is 8.65. The number of aliphatic imine (C=N–C) groups is 1. The molecule has 2 rings (SSSR count). The van der Waals surface area contributed by atoms with Crippen LogP contribution < -0.4 is 20.1 Å². The van der Waals surface area contributed by atoms with Gasteiger partial charge in [-0.2, -0.15) is 0 Å². The molecular weight excluding hydrogens is 433 g/mol. The van der Waals surface area contributed by atoms with Crippen molar-refractivity contribution in [3.05, 3.63) is 23.3 Å². The molecule has 1 unspecified atom stereocenters. The lowest BCUT2D eigenvalue weighted by atomic mass is 10.1. The van der Waals surface area contributed by atoms with Crippen LogP contribution in [0, 0.1) is 0 Å². The third kappa shape index (κ3) is 6.54. The van der Waals surface area contributed by atoms with E-state index in [9.17, 15) is 0 Å². The SMILES string of the molecule is CCOCCNC(=NC)NCc1cc2c(cc1OCC)CC(C)O2.I. The van der Waals surface area contributed by atoms with Gasteiger partial charge in [-0.05, 0) is 32.9 Å². The topological polar surface area (TPSA) is 64.1 Å². The zero-order valence-corrected chi connectivity index (χ0v) is 17.9. The second-order valence-corrected chi connectivity index (χ2v) is 5.68. The van der Waals surface area contributed by atoms with E-state index in [1.807, 2.05) is 13.8 Å². The molecule has 0 spiro atoms. The molecular formula is C18H30IN3O3. The average Bonchev–Trinajstić information content (AvgIpc) is 2.93. The number of fused-ring (bicyclic) bond motifs is 1. The lowest BCUT2D eigenvalue weighted by Crippen LogP contribution is -2.38. The molecule has 142 valence electrons. The van der Waals surface area contributed by atoms with Crippen molar-refractivity contribution >= 4 is 29.9 Å². The Hall–Kier alpha value is -1.22. The molecule has 0 fully saturated rings. The maximum absolute atomic E-state index is 5.86. The summed E-state index contributed by atoms with van der Waals surface area (Å²) in [5.74, 6) is 2.61. The Labute approximate surface area is 167 Å². The highest BCUT2D eigenvalue weighted by Gasteiger charge is 2.21. The number of hydrogen-bond donors (Lipinski definition) is 2. The van der Waals surface area contributed by atoms with Gasteiger partial charge in [0.2, 0.25) is 0 Å². The number of benzene rings is 1. The molecule has 1 aliphatic heterocycles. The minimum absolute atomic E-state index is 0. The molecule has 1 aromatic carbocycles. The fourth-order valence-electron chi connectivity index (χ4n) is 2.69. The largest absolute Gasteiger partial charge is 0.494 e. The van der Waals surface area contributed by atoms with Crippen molar-refractivity contribution in [1.29, 1.82) is 0 Å². The second kappa shape index (κ2) is 11.4. The van der Waals surface area contributed by atoms with Crippen LogP contribution in [0.1, 0.15) is 31.9 Å². The molecule has 1 atom stereocenters. The molecule has 2 N–H and O–H groups in total. The van der Waals surface area contributed by atoms with E-state index < -0.39 is 0 Å². The van der Waals surface area contributed by atoms with E-state index in [0.717, 1.165) is 42.6 Å². The fraction of sp³-hybridized carbons (Fsp3) is 0.611. The van der Waals surface area contributed by atoms with Crippen molar-refractivity contribution < 1.29 is 14.2 Å². The number of halogens is 1. The van der Waals surface area contributed by atoms with Crippen LogP contribution >= 0.6 is 24.0 Å². The van der Waals surface area contributed by atoms with Gasteiger partial charge in [-0.1, -0.05) is 0 Å². The molecule has 1 heterocycles. The van der Waals surface area contributed by atoms with Crippen molar-refractivity contribution in [2.45, 2.75) is 39.8 Å². The number of nitrogens with zero attached hydrogens (tertiary/aromatic N) is 1. The molecule has 0 amide bonds. The van der Waals surface area contributed by atoms with Gasteiger partial charge < -0.3 is 24.8 Å². The zero-order chi connectivity index (χ0) is 17.4. The van der Waals surface area contributed by atoms with Crippen molar-refractivity contribution in [3.63, 3.8) is 0 Å². The van der Waals surface area contributed by atoms with Crippen molar-refractivity contribution in [3.8, 4) is 11.5 Å². The molecule has 1 aliphatic rings. The summed E-state index contributed by atoms with van der Waals surface area (Å²) in [6, 6.07) is 4.18. The Morgan fingerprint density at radius 2 is 2.08 bits per heavy atom. The first-order chi connectivity index (χ1) is 11.7. The summed E-state index contributed by atoms with van der Waals surface area (Å²) < 4.78 is 17.0. The lowest BCUT2D eigenvalue weighted by molar-refractivity contribution is 0.152. The quantitative estimate of drug-likeness (QED) is 0.269. The predicted molar refractivity (Wildman–Crippen MR) is 112 cm³/mol. The van der Waals surface area contributed by atoms with Crippen LogP contribution in [-0.2, 0) is 17.7 Å². The van der Waals surface area contributed by atoms with E-state index in [0.29, 0.717) is 19.8 Å².